The first kappa shape index (κ1) is 25.1. The van der Waals surface area contributed by atoms with Crippen molar-refractivity contribution in [1.29, 1.82) is 0 Å². The summed E-state index contributed by atoms with van der Waals surface area (Å²) in [6.45, 7) is 15.8. The second-order valence-corrected chi connectivity index (χ2v) is 15.0. The maximum absolute atomic E-state index is 12.6. The van der Waals surface area contributed by atoms with Gasteiger partial charge in [0.1, 0.15) is 11.8 Å². The lowest BCUT2D eigenvalue weighted by Gasteiger charge is -2.38. The molecule has 0 aromatic heterocycles. The Kier molecular flexibility index (Phi) is 7.62. The number of rotatable bonds is 6. The Labute approximate surface area is 181 Å². The van der Waals surface area contributed by atoms with Gasteiger partial charge < -0.3 is 15.1 Å². The first-order valence-corrected chi connectivity index (χ1v) is 12.9. The summed E-state index contributed by atoms with van der Waals surface area (Å²) >= 11 is 3.50. The van der Waals surface area contributed by atoms with E-state index in [4.69, 9.17) is 9.96 Å². The van der Waals surface area contributed by atoms with Crippen LogP contribution in [0.2, 0.25) is 18.1 Å². The zero-order chi connectivity index (χ0) is 22.8. The van der Waals surface area contributed by atoms with Crippen LogP contribution in [0.5, 0.6) is 5.75 Å². The number of benzene rings is 1. The second-order valence-electron chi connectivity index (χ2n) is 9.43. The van der Waals surface area contributed by atoms with E-state index in [1.807, 2.05) is 0 Å². The summed E-state index contributed by atoms with van der Waals surface area (Å²) in [4.78, 5) is 28.4. The Bertz CT molecular complexity index is 837. The molecule has 0 bridgehead atoms. The zero-order valence-electron chi connectivity index (χ0n) is 18.3. The molecule has 1 aromatic carbocycles. The molecule has 1 N–H and O–H groups in total. The van der Waals surface area contributed by atoms with E-state index < -0.39 is 31.8 Å². The SMILES string of the molecule is CC(C)(C)N(C(=O)O)[C@H](C(=O)C=[N+]=[N-])c1ccc(O[Si](C)(C)C(C)(C)C)c(Br)c1. The van der Waals surface area contributed by atoms with Crippen molar-refractivity contribution in [2.75, 3.05) is 0 Å². The number of amides is 1. The Morgan fingerprint density at radius 3 is 2.17 bits per heavy atom. The standard InChI is InChI=1S/C20H30BrN3O4Si/c1-19(2,3)24(18(26)27)17(15(25)12-23-22)13-9-10-16(14(21)11-13)28-29(7,8)20(4,5)6/h9-12,17H,1-8H3,(H,26,27)/t17-/m0/s1. The molecule has 0 spiro atoms. The number of hydrogen-bond donors (Lipinski definition) is 1. The lowest BCUT2D eigenvalue weighted by molar-refractivity contribution is -0.122. The Morgan fingerprint density at radius 1 is 1.24 bits per heavy atom. The number of carbonyl (C=O) groups is 2. The molecule has 0 aliphatic rings. The molecule has 160 valence electrons. The topological polar surface area (TPSA) is 103 Å². The molecule has 0 saturated carbocycles. The van der Waals surface area contributed by atoms with Crippen molar-refractivity contribution < 1.29 is 23.9 Å². The summed E-state index contributed by atoms with van der Waals surface area (Å²) in [5, 5.41) is 9.77. The van der Waals surface area contributed by atoms with Gasteiger partial charge in [-0.15, -0.1) is 0 Å². The molecule has 0 heterocycles. The van der Waals surface area contributed by atoms with Crippen molar-refractivity contribution in [3.05, 3.63) is 33.8 Å². The molecule has 0 radical (unpaired) electrons. The van der Waals surface area contributed by atoms with E-state index in [1.165, 1.54) is 0 Å². The van der Waals surface area contributed by atoms with Crippen LogP contribution in [0.25, 0.3) is 5.53 Å². The van der Waals surface area contributed by atoms with Crippen LogP contribution in [-0.2, 0) is 4.79 Å². The average molecular weight is 484 g/mol. The number of nitrogens with zero attached hydrogens (tertiary/aromatic N) is 3. The predicted molar refractivity (Wildman–Crippen MR) is 119 cm³/mol. The van der Waals surface area contributed by atoms with E-state index in [-0.39, 0.29) is 5.04 Å². The van der Waals surface area contributed by atoms with Crippen LogP contribution in [0.1, 0.15) is 53.1 Å². The van der Waals surface area contributed by atoms with Crippen molar-refractivity contribution in [2.45, 2.75) is 71.3 Å². The summed E-state index contributed by atoms with van der Waals surface area (Å²) in [7, 11) is -2.08. The van der Waals surface area contributed by atoms with Crippen molar-refractivity contribution in [3.63, 3.8) is 0 Å². The zero-order valence-corrected chi connectivity index (χ0v) is 20.9. The minimum atomic E-state index is -2.08. The minimum absolute atomic E-state index is 0.00748. The van der Waals surface area contributed by atoms with Crippen molar-refractivity contribution in [3.8, 4) is 5.75 Å². The molecule has 9 heteroatoms. The fraction of sp³-hybridized carbons (Fsp3) is 0.550. The number of carboxylic acid groups (broad SMARTS) is 1. The molecule has 29 heavy (non-hydrogen) atoms. The smallest absolute Gasteiger partial charge is 0.408 e. The van der Waals surface area contributed by atoms with E-state index in [9.17, 15) is 14.7 Å². The molecule has 0 aliphatic heterocycles. The summed E-state index contributed by atoms with van der Waals surface area (Å²) in [6, 6.07) is 3.92. The predicted octanol–water partition coefficient (Wildman–Crippen LogP) is 5.52. The molecule has 1 amide bonds. The van der Waals surface area contributed by atoms with Gasteiger partial charge in [0.05, 0.1) is 4.47 Å². The molecule has 0 aliphatic carbocycles. The summed E-state index contributed by atoms with van der Waals surface area (Å²) < 4.78 is 6.95. The first-order valence-electron chi connectivity index (χ1n) is 9.25. The van der Waals surface area contributed by atoms with Gasteiger partial charge in [-0.05, 0) is 72.5 Å². The number of Topliss-reactive ketones (excluding diaryl/α,β-unsaturated/α-hetero) is 1. The van der Waals surface area contributed by atoms with Gasteiger partial charge >= 0.3 is 12.3 Å². The molecule has 1 aromatic rings. The van der Waals surface area contributed by atoms with Gasteiger partial charge in [-0.1, -0.05) is 26.8 Å². The van der Waals surface area contributed by atoms with Crippen molar-refractivity contribution >= 4 is 42.3 Å². The first-order chi connectivity index (χ1) is 13.0. The molecular weight excluding hydrogens is 454 g/mol. The van der Waals surface area contributed by atoms with Gasteiger partial charge in [-0.3, -0.25) is 9.69 Å². The van der Waals surface area contributed by atoms with Gasteiger partial charge in [0, 0.05) is 5.54 Å². The number of ketones is 1. The van der Waals surface area contributed by atoms with Crippen LogP contribution in [-0.4, -0.2) is 46.7 Å². The lowest BCUT2D eigenvalue weighted by atomic mass is 9.95. The van der Waals surface area contributed by atoms with Gasteiger partial charge in [-0.2, -0.15) is 4.79 Å². The third-order valence-corrected chi connectivity index (χ3v) is 10.0. The van der Waals surface area contributed by atoms with E-state index in [0.29, 0.717) is 15.8 Å². The highest BCUT2D eigenvalue weighted by Crippen LogP contribution is 2.40. The second kappa shape index (κ2) is 8.81. The minimum Gasteiger partial charge on any atom is -0.543 e. The number of halogens is 1. The van der Waals surface area contributed by atoms with Gasteiger partial charge in [0.2, 0.25) is 0 Å². The van der Waals surface area contributed by atoms with Crippen LogP contribution in [0.15, 0.2) is 22.7 Å². The molecular formula is C20H30BrN3O4Si. The maximum Gasteiger partial charge on any atom is 0.408 e. The highest BCUT2D eigenvalue weighted by molar-refractivity contribution is 9.10. The number of hydrogen-bond acceptors (Lipinski definition) is 3. The van der Waals surface area contributed by atoms with Crippen LogP contribution in [0.3, 0.4) is 0 Å². The molecule has 1 atom stereocenters. The maximum atomic E-state index is 12.6. The van der Waals surface area contributed by atoms with Crippen molar-refractivity contribution in [1.82, 2.24) is 4.90 Å². The lowest BCUT2D eigenvalue weighted by Crippen LogP contribution is -2.49. The van der Waals surface area contributed by atoms with Crippen LogP contribution in [0.4, 0.5) is 4.79 Å². The van der Waals surface area contributed by atoms with Gasteiger partial charge in [0.15, 0.2) is 0 Å². The number of carbonyl (C=O) groups excluding carboxylic acids is 1. The summed E-state index contributed by atoms with van der Waals surface area (Å²) in [6.07, 6.45) is -0.528. The summed E-state index contributed by atoms with van der Waals surface area (Å²) in [5.74, 6) is -0.00482. The van der Waals surface area contributed by atoms with Crippen LogP contribution >= 0.6 is 15.9 Å². The molecule has 1 rings (SSSR count). The van der Waals surface area contributed by atoms with E-state index in [2.05, 4.69) is 54.6 Å². The van der Waals surface area contributed by atoms with Gasteiger partial charge in [0.25, 0.3) is 14.1 Å². The highest BCUT2D eigenvalue weighted by Gasteiger charge is 2.41. The van der Waals surface area contributed by atoms with Crippen LogP contribution in [0, 0.1) is 0 Å². The Balaban J connectivity index is 3.49. The summed E-state index contributed by atoms with van der Waals surface area (Å²) in [5.41, 5.74) is 8.40. The third kappa shape index (κ3) is 6.01. The molecule has 0 saturated heterocycles. The average Bonchev–Trinajstić information content (AvgIpc) is 2.51. The molecule has 7 nitrogen and oxygen atoms in total. The normalized spacial score (nSPS) is 13.3. The van der Waals surface area contributed by atoms with E-state index >= 15 is 0 Å². The third-order valence-electron chi connectivity index (χ3n) is 5.08. The fourth-order valence-corrected chi connectivity index (χ4v) is 4.21. The molecule has 0 fully saturated rings. The monoisotopic (exact) mass is 483 g/mol. The van der Waals surface area contributed by atoms with Gasteiger partial charge in [-0.25, -0.2) is 4.79 Å². The van der Waals surface area contributed by atoms with Crippen LogP contribution < -0.4 is 4.43 Å². The van der Waals surface area contributed by atoms with E-state index in [0.717, 1.165) is 11.1 Å². The molecule has 0 unspecified atom stereocenters. The quantitative estimate of drug-likeness (QED) is 0.248. The Morgan fingerprint density at radius 2 is 1.79 bits per heavy atom. The Hall–Kier alpha value is -1.96. The largest absolute Gasteiger partial charge is 0.543 e. The fourth-order valence-electron chi connectivity index (χ4n) is 2.55. The van der Waals surface area contributed by atoms with Crippen molar-refractivity contribution in [2.24, 2.45) is 0 Å². The van der Waals surface area contributed by atoms with E-state index in [1.54, 1.807) is 39.0 Å². The highest BCUT2D eigenvalue weighted by atomic mass is 79.9.